The van der Waals surface area contributed by atoms with Crippen molar-refractivity contribution in [3.63, 3.8) is 0 Å². The average molecular weight is 353 g/mol. The number of amides is 1. The number of rotatable bonds is 3. The van der Waals surface area contributed by atoms with Crippen molar-refractivity contribution in [2.45, 2.75) is 19.4 Å². The molecule has 128 valence electrons. The molecule has 1 aliphatic rings. The van der Waals surface area contributed by atoms with Gasteiger partial charge in [-0.2, -0.15) is 0 Å². The summed E-state index contributed by atoms with van der Waals surface area (Å²) < 4.78 is 27.6. The zero-order valence-corrected chi connectivity index (χ0v) is 14.1. The van der Waals surface area contributed by atoms with Gasteiger partial charge in [0.2, 0.25) is 0 Å². The summed E-state index contributed by atoms with van der Waals surface area (Å²) in [5, 5.41) is 6.05. The highest BCUT2D eigenvalue weighted by atomic mass is 35.5. The van der Waals surface area contributed by atoms with Gasteiger partial charge in [-0.1, -0.05) is 12.1 Å². The van der Waals surface area contributed by atoms with Crippen LogP contribution in [-0.2, 0) is 0 Å². The highest BCUT2D eigenvalue weighted by Crippen LogP contribution is 2.27. The Labute approximate surface area is 145 Å². The number of carbonyl (C=O) groups excluding carboxylic acids is 1. The zero-order chi connectivity index (χ0) is 16.4. The Balaban J connectivity index is 0.00000208. The summed E-state index contributed by atoms with van der Waals surface area (Å²) in [4.78, 5) is 12.2. The molecule has 1 amide bonds. The molecule has 1 unspecified atom stereocenters. The van der Waals surface area contributed by atoms with E-state index in [0.29, 0.717) is 16.7 Å². The van der Waals surface area contributed by atoms with E-state index in [-0.39, 0.29) is 35.7 Å². The molecule has 0 bridgehead atoms. The van der Waals surface area contributed by atoms with Crippen molar-refractivity contribution >= 4 is 18.3 Å². The van der Waals surface area contributed by atoms with Crippen LogP contribution in [0.25, 0.3) is 11.1 Å². The number of benzene rings is 2. The maximum atomic E-state index is 14.4. The Morgan fingerprint density at radius 1 is 1.17 bits per heavy atom. The van der Waals surface area contributed by atoms with Crippen LogP contribution in [0.1, 0.15) is 22.3 Å². The van der Waals surface area contributed by atoms with Gasteiger partial charge in [0.25, 0.3) is 5.91 Å². The molecule has 3 nitrogen and oxygen atoms in total. The van der Waals surface area contributed by atoms with Gasteiger partial charge in [-0.3, -0.25) is 4.79 Å². The molecule has 2 N–H and O–H groups in total. The van der Waals surface area contributed by atoms with E-state index in [4.69, 9.17) is 0 Å². The van der Waals surface area contributed by atoms with Crippen molar-refractivity contribution in [1.29, 1.82) is 0 Å². The van der Waals surface area contributed by atoms with Crippen molar-refractivity contribution < 1.29 is 13.6 Å². The number of halogens is 3. The standard InChI is InChI=1S/C18H18F2N2O.ClH/c1-11-8-13(19)3-5-15(11)16-4-2-12(9-17(16)20)18(23)22-14-6-7-21-10-14;/h2-5,8-9,14,21H,6-7,10H2,1H3,(H,22,23);1H. The van der Waals surface area contributed by atoms with Crippen LogP contribution in [0.5, 0.6) is 0 Å². The van der Waals surface area contributed by atoms with Crippen molar-refractivity contribution in [3.8, 4) is 11.1 Å². The van der Waals surface area contributed by atoms with Crippen molar-refractivity contribution in [2.24, 2.45) is 0 Å². The molecule has 3 rings (SSSR count). The lowest BCUT2D eigenvalue weighted by Crippen LogP contribution is -2.36. The molecule has 1 fully saturated rings. The second-order valence-electron chi connectivity index (χ2n) is 5.82. The molecule has 6 heteroatoms. The lowest BCUT2D eigenvalue weighted by Gasteiger charge is -2.13. The van der Waals surface area contributed by atoms with Gasteiger partial charge in [0, 0.05) is 23.7 Å². The normalized spacial score (nSPS) is 16.5. The Hall–Kier alpha value is -1.98. The zero-order valence-electron chi connectivity index (χ0n) is 13.2. The lowest BCUT2D eigenvalue weighted by atomic mass is 9.98. The number of carbonyl (C=O) groups is 1. The molecule has 1 atom stereocenters. The fourth-order valence-electron chi connectivity index (χ4n) is 2.85. The Kier molecular flexibility index (Phi) is 5.91. The second-order valence-corrected chi connectivity index (χ2v) is 5.82. The molecule has 1 aliphatic heterocycles. The third kappa shape index (κ3) is 3.91. The first-order valence-electron chi connectivity index (χ1n) is 7.62. The van der Waals surface area contributed by atoms with E-state index >= 15 is 0 Å². The molecule has 0 saturated carbocycles. The average Bonchev–Trinajstić information content (AvgIpc) is 3.01. The van der Waals surface area contributed by atoms with Crippen LogP contribution in [-0.4, -0.2) is 25.0 Å². The molecule has 0 radical (unpaired) electrons. The molecular weight excluding hydrogens is 334 g/mol. The fourth-order valence-corrected chi connectivity index (χ4v) is 2.85. The van der Waals surface area contributed by atoms with Gasteiger partial charge in [0.1, 0.15) is 11.6 Å². The highest BCUT2D eigenvalue weighted by molar-refractivity contribution is 5.95. The number of hydrogen-bond donors (Lipinski definition) is 2. The molecule has 24 heavy (non-hydrogen) atoms. The van der Waals surface area contributed by atoms with Crippen LogP contribution in [0.4, 0.5) is 8.78 Å². The van der Waals surface area contributed by atoms with E-state index in [1.807, 2.05) is 0 Å². The number of hydrogen-bond acceptors (Lipinski definition) is 2. The van der Waals surface area contributed by atoms with Crippen LogP contribution in [0, 0.1) is 18.6 Å². The predicted octanol–water partition coefficient (Wildman–Crippen LogP) is 3.45. The topological polar surface area (TPSA) is 41.1 Å². The first-order chi connectivity index (χ1) is 11.0. The van der Waals surface area contributed by atoms with E-state index in [2.05, 4.69) is 10.6 Å². The minimum absolute atomic E-state index is 0. The van der Waals surface area contributed by atoms with E-state index in [1.54, 1.807) is 25.1 Å². The van der Waals surface area contributed by atoms with Crippen molar-refractivity contribution in [2.75, 3.05) is 13.1 Å². The summed E-state index contributed by atoms with van der Waals surface area (Å²) in [5.41, 5.74) is 1.92. The minimum Gasteiger partial charge on any atom is -0.348 e. The Morgan fingerprint density at radius 2 is 1.92 bits per heavy atom. The van der Waals surface area contributed by atoms with Gasteiger partial charge in [0.15, 0.2) is 0 Å². The maximum Gasteiger partial charge on any atom is 0.251 e. The van der Waals surface area contributed by atoms with Gasteiger partial charge in [-0.25, -0.2) is 8.78 Å². The number of aryl methyl sites for hydroxylation is 1. The minimum atomic E-state index is -0.489. The van der Waals surface area contributed by atoms with Crippen molar-refractivity contribution in [1.82, 2.24) is 10.6 Å². The molecule has 0 aliphatic carbocycles. The quantitative estimate of drug-likeness (QED) is 0.888. The Bertz CT molecular complexity index is 746. The SMILES string of the molecule is Cc1cc(F)ccc1-c1ccc(C(=O)NC2CCNC2)cc1F.Cl. The monoisotopic (exact) mass is 352 g/mol. The van der Waals surface area contributed by atoms with Crippen LogP contribution in [0.3, 0.4) is 0 Å². The summed E-state index contributed by atoms with van der Waals surface area (Å²) in [6.07, 6.45) is 0.876. The van der Waals surface area contributed by atoms with Crippen LogP contribution < -0.4 is 10.6 Å². The fraction of sp³-hybridized carbons (Fsp3) is 0.278. The summed E-state index contributed by atoms with van der Waals surface area (Å²) in [6, 6.07) is 8.70. The molecule has 0 spiro atoms. The molecule has 1 saturated heterocycles. The van der Waals surface area contributed by atoms with E-state index in [1.165, 1.54) is 18.2 Å². The van der Waals surface area contributed by atoms with E-state index in [9.17, 15) is 13.6 Å². The first kappa shape index (κ1) is 18.4. The summed E-state index contributed by atoms with van der Waals surface area (Å²) in [7, 11) is 0. The van der Waals surface area contributed by atoms with Gasteiger partial charge < -0.3 is 10.6 Å². The van der Waals surface area contributed by atoms with Gasteiger partial charge in [-0.05, 0) is 55.3 Å². The van der Waals surface area contributed by atoms with Gasteiger partial charge in [0.05, 0.1) is 0 Å². The summed E-state index contributed by atoms with van der Waals surface area (Å²) in [5.74, 6) is -1.12. The maximum absolute atomic E-state index is 14.4. The molecular formula is C18H19ClF2N2O. The third-order valence-electron chi connectivity index (χ3n) is 4.11. The largest absolute Gasteiger partial charge is 0.348 e. The second kappa shape index (κ2) is 7.73. The van der Waals surface area contributed by atoms with Crippen LogP contribution in [0.2, 0.25) is 0 Å². The summed E-state index contributed by atoms with van der Waals surface area (Å²) in [6.45, 7) is 3.34. The predicted molar refractivity (Wildman–Crippen MR) is 92.5 cm³/mol. The van der Waals surface area contributed by atoms with E-state index in [0.717, 1.165) is 19.5 Å². The van der Waals surface area contributed by atoms with E-state index < -0.39 is 5.82 Å². The molecule has 2 aromatic carbocycles. The number of nitrogens with one attached hydrogen (secondary N) is 2. The van der Waals surface area contributed by atoms with Gasteiger partial charge >= 0.3 is 0 Å². The first-order valence-corrected chi connectivity index (χ1v) is 7.62. The highest BCUT2D eigenvalue weighted by Gasteiger charge is 2.18. The van der Waals surface area contributed by atoms with Crippen LogP contribution in [0.15, 0.2) is 36.4 Å². The third-order valence-corrected chi connectivity index (χ3v) is 4.11. The molecule has 2 aromatic rings. The van der Waals surface area contributed by atoms with Crippen LogP contribution >= 0.6 is 12.4 Å². The smallest absolute Gasteiger partial charge is 0.251 e. The Morgan fingerprint density at radius 3 is 2.54 bits per heavy atom. The lowest BCUT2D eigenvalue weighted by molar-refractivity contribution is 0.0939. The van der Waals surface area contributed by atoms with Gasteiger partial charge in [-0.15, -0.1) is 12.4 Å². The van der Waals surface area contributed by atoms with Crippen molar-refractivity contribution in [3.05, 3.63) is 59.2 Å². The molecule has 0 aromatic heterocycles. The summed E-state index contributed by atoms with van der Waals surface area (Å²) >= 11 is 0. The molecule has 1 heterocycles.